The molecule has 0 spiro atoms. The minimum atomic E-state index is -0.739. The number of anilines is 1. The van der Waals surface area contributed by atoms with Crippen molar-refractivity contribution in [3.05, 3.63) is 58.6 Å². The molecule has 1 aromatic carbocycles. The molecule has 27 heavy (non-hydrogen) atoms. The van der Waals surface area contributed by atoms with Crippen LogP contribution in [0.25, 0.3) is 0 Å². The number of hydrogen-bond donors (Lipinski definition) is 1. The Morgan fingerprint density at radius 2 is 2.07 bits per heavy atom. The minimum Gasteiger partial charge on any atom is -0.383 e. The number of methoxy groups -OCH3 is 2. The number of rotatable bonds is 5. The maximum Gasteiger partial charge on any atom is 0.351 e. The van der Waals surface area contributed by atoms with Crippen molar-refractivity contribution in [3.63, 3.8) is 0 Å². The molecule has 1 unspecified atom stereocenters. The topological polar surface area (TPSA) is 97.8 Å². The smallest absolute Gasteiger partial charge is 0.351 e. The number of benzene rings is 1. The summed E-state index contributed by atoms with van der Waals surface area (Å²) >= 11 is 0. The fraction of sp³-hybridized carbons (Fsp3) is 0.474. The van der Waals surface area contributed by atoms with Gasteiger partial charge in [0.15, 0.2) is 0 Å². The quantitative estimate of drug-likeness (QED) is 0.837. The summed E-state index contributed by atoms with van der Waals surface area (Å²) in [5, 5.41) is 0. The summed E-state index contributed by atoms with van der Waals surface area (Å²) in [5.74, 6) is 0.179. The summed E-state index contributed by atoms with van der Waals surface area (Å²) in [4.78, 5) is 16.1. The molecule has 144 valence electrons. The lowest BCUT2D eigenvalue weighted by molar-refractivity contribution is -0.0961. The van der Waals surface area contributed by atoms with Crippen molar-refractivity contribution in [2.24, 2.45) is 0 Å². The van der Waals surface area contributed by atoms with Gasteiger partial charge in [-0.2, -0.15) is 4.98 Å². The van der Waals surface area contributed by atoms with E-state index in [0.29, 0.717) is 13.0 Å². The number of nitrogens with zero attached hydrogens (tertiary/aromatic N) is 2. The summed E-state index contributed by atoms with van der Waals surface area (Å²) in [6.45, 7) is 0.390. The molecule has 2 aliphatic heterocycles. The summed E-state index contributed by atoms with van der Waals surface area (Å²) in [7, 11) is 3.26. The summed E-state index contributed by atoms with van der Waals surface area (Å²) in [6.07, 6.45) is 0.535. The van der Waals surface area contributed by atoms with Gasteiger partial charge in [-0.1, -0.05) is 30.3 Å². The predicted octanol–water partition coefficient (Wildman–Crippen LogP) is 1.07. The van der Waals surface area contributed by atoms with Gasteiger partial charge >= 0.3 is 5.69 Å². The van der Waals surface area contributed by atoms with Crippen molar-refractivity contribution < 1.29 is 18.9 Å². The minimum absolute atomic E-state index is 0.179. The van der Waals surface area contributed by atoms with E-state index >= 15 is 0 Å². The standard InChI is InChI=1S/C19H23N3O5/c1-24-11-13-16(25-2)17-19(27-13,12-6-4-3-5-7-12)10-15(26-17)22-9-8-14(20)21-18(22)23/h3-9,13,15-17H,10-11H2,1-2H3,(H2,20,21,23)/t13-,15-,16-,17?,19+/m1/s1. The van der Waals surface area contributed by atoms with Crippen LogP contribution in [0.1, 0.15) is 18.2 Å². The summed E-state index contributed by atoms with van der Waals surface area (Å²) < 4.78 is 25.3. The first-order chi connectivity index (χ1) is 13.1. The highest BCUT2D eigenvalue weighted by atomic mass is 16.6. The lowest BCUT2D eigenvalue weighted by Gasteiger charge is -2.28. The zero-order valence-electron chi connectivity index (χ0n) is 15.3. The van der Waals surface area contributed by atoms with E-state index in [0.717, 1.165) is 5.56 Å². The third-order valence-corrected chi connectivity index (χ3v) is 5.29. The second-order valence-electron chi connectivity index (χ2n) is 6.83. The third kappa shape index (κ3) is 2.94. The van der Waals surface area contributed by atoms with E-state index in [2.05, 4.69) is 4.98 Å². The number of aromatic nitrogens is 2. The van der Waals surface area contributed by atoms with Gasteiger partial charge in [-0.15, -0.1) is 0 Å². The number of fused-ring (bicyclic) bond motifs is 1. The van der Waals surface area contributed by atoms with E-state index in [1.807, 2.05) is 30.3 Å². The second-order valence-corrected chi connectivity index (χ2v) is 6.83. The van der Waals surface area contributed by atoms with Gasteiger partial charge in [-0.3, -0.25) is 4.57 Å². The maximum atomic E-state index is 12.3. The molecule has 4 rings (SSSR count). The zero-order chi connectivity index (χ0) is 19.0. The van der Waals surface area contributed by atoms with Crippen LogP contribution in [-0.2, 0) is 24.5 Å². The third-order valence-electron chi connectivity index (χ3n) is 5.29. The van der Waals surface area contributed by atoms with E-state index in [4.69, 9.17) is 24.7 Å². The van der Waals surface area contributed by atoms with Crippen LogP contribution in [0.15, 0.2) is 47.4 Å². The largest absolute Gasteiger partial charge is 0.383 e. The monoisotopic (exact) mass is 373 g/mol. The van der Waals surface area contributed by atoms with Gasteiger partial charge in [0.1, 0.15) is 36.0 Å². The molecule has 2 aliphatic rings. The lowest BCUT2D eigenvalue weighted by Crippen LogP contribution is -2.39. The van der Waals surface area contributed by atoms with Crippen LogP contribution < -0.4 is 11.4 Å². The second kappa shape index (κ2) is 7.05. The molecular weight excluding hydrogens is 350 g/mol. The predicted molar refractivity (Wildman–Crippen MR) is 97.1 cm³/mol. The van der Waals surface area contributed by atoms with Crippen LogP contribution in [-0.4, -0.2) is 48.7 Å². The van der Waals surface area contributed by atoms with Gasteiger partial charge in [0.05, 0.1) is 6.61 Å². The van der Waals surface area contributed by atoms with E-state index in [-0.39, 0.29) is 24.1 Å². The van der Waals surface area contributed by atoms with E-state index in [1.54, 1.807) is 26.5 Å². The molecule has 0 amide bonds. The molecular formula is C19H23N3O5. The SMILES string of the molecule is COC[C@H]1O[C@]2(c3ccccc3)C[C@H](n3ccc(N)nc3=O)OC2[C@@H]1OC. The van der Waals surface area contributed by atoms with Crippen molar-refractivity contribution >= 4 is 5.82 Å². The highest BCUT2D eigenvalue weighted by Crippen LogP contribution is 2.53. The van der Waals surface area contributed by atoms with Crippen LogP contribution in [0, 0.1) is 0 Å². The maximum absolute atomic E-state index is 12.3. The highest BCUT2D eigenvalue weighted by molar-refractivity contribution is 5.29. The molecule has 0 radical (unpaired) electrons. The molecule has 1 aromatic heterocycles. The molecule has 8 heteroatoms. The average molecular weight is 373 g/mol. The number of nitrogens with two attached hydrogens (primary N) is 1. The Labute approximate surface area is 156 Å². The first kappa shape index (κ1) is 18.1. The summed E-state index contributed by atoms with van der Waals surface area (Å²) in [6, 6.07) is 11.5. The first-order valence-corrected chi connectivity index (χ1v) is 8.84. The Kier molecular flexibility index (Phi) is 4.73. The van der Waals surface area contributed by atoms with Crippen LogP contribution in [0.3, 0.4) is 0 Å². The number of hydrogen-bond acceptors (Lipinski definition) is 7. The van der Waals surface area contributed by atoms with Crippen LogP contribution in [0.2, 0.25) is 0 Å². The van der Waals surface area contributed by atoms with Crippen molar-refractivity contribution in [1.29, 1.82) is 0 Å². The van der Waals surface area contributed by atoms with Crippen molar-refractivity contribution in [3.8, 4) is 0 Å². The normalized spacial score (nSPS) is 32.5. The van der Waals surface area contributed by atoms with Crippen LogP contribution >= 0.6 is 0 Å². The Bertz CT molecular complexity index is 858. The average Bonchev–Trinajstić information content (AvgIpc) is 3.16. The van der Waals surface area contributed by atoms with Crippen LogP contribution in [0.4, 0.5) is 5.82 Å². The number of ether oxygens (including phenoxy) is 4. The summed E-state index contributed by atoms with van der Waals surface area (Å²) in [5.41, 5.74) is 5.39. The van der Waals surface area contributed by atoms with Gasteiger partial charge in [-0.25, -0.2) is 4.79 Å². The Hall–Kier alpha value is -2.26. The van der Waals surface area contributed by atoms with Gasteiger partial charge in [-0.05, 0) is 11.6 Å². The molecule has 0 aliphatic carbocycles. The lowest BCUT2D eigenvalue weighted by atomic mass is 9.86. The fourth-order valence-electron chi connectivity index (χ4n) is 4.14. The molecule has 2 fully saturated rings. The Morgan fingerprint density at radius 1 is 1.30 bits per heavy atom. The molecule has 2 N–H and O–H groups in total. The van der Waals surface area contributed by atoms with Gasteiger partial charge in [0, 0.05) is 26.8 Å². The zero-order valence-corrected chi connectivity index (χ0v) is 15.3. The van der Waals surface area contributed by atoms with Gasteiger partial charge in [0.25, 0.3) is 0 Å². The Balaban J connectivity index is 1.75. The molecule has 5 atom stereocenters. The molecule has 0 bridgehead atoms. The van der Waals surface area contributed by atoms with E-state index in [9.17, 15) is 4.79 Å². The van der Waals surface area contributed by atoms with Gasteiger partial charge in [0.2, 0.25) is 0 Å². The highest BCUT2D eigenvalue weighted by Gasteiger charge is 2.62. The van der Waals surface area contributed by atoms with Crippen molar-refractivity contribution in [2.75, 3.05) is 26.6 Å². The van der Waals surface area contributed by atoms with E-state index < -0.39 is 17.5 Å². The van der Waals surface area contributed by atoms with E-state index in [1.165, 1.54) is 4.57 Å². The van der Waals surface area contributed by atoms with Crippen LogP contribution in [0.5, 0.6) is 0 Å². The Morgan fingerprint density at radius 3 is 2.74 bits per heavy atom. The van der Waals surface area contributed by atoms with Gasteiger partial charge < -0.3 is 24.7 Å². The van der Waals surface area contributed by atoms with Crippen molar-refractivity contribution in [1.82, 2.24) is 9.55 Å². The molecule has 3 heterocycles. The molecule has 0 saturated carbocycles. The van der Waals surface area contributed by atoms with Crippen molar-refractivity contribution in [2.45, 2.75) is 36.6 Å². The molecule has 2 aromatic rings. The fourth-order valence-corrected chi connectivity index (χ4v) is 4.14. The molecule has 2 saturated heterocycles. The number of nitrogen functional groups attached to an aromatic ring is 1. The first-order valence-electron chi connectivity index (χ1n) is 8.84. The molecule has 8 nitrogen and oxygen atoms in total.